The molecule has 0 aliphatic heterocycles. The summed E-state index contributed by atoms with van der Waals surface area (Å²) in [5.74, 6) is 0.311. The zero-order chi connectivity index (χ0) is 24.8. The summed E-state index contributed by atoms with van der Waals surface area (Å²) in [6.45, 7) is 1.68. The molecule has 0 saturated carbocycles. The second-order valence-electron chi connectivity index (χ2n) is 8.15. The minimum Gasteiger partial charge on any atom is -0.399 e. The summed E-state index contributed by atoms with van der Waals surface area (Å²) in [4.78, 5) is 24.7. The molecule has 0 saturated heterocycles. The van der Waals surface area contributed by atoms with E-state index in [4.69, 9.17) is 5.73 Å². The Kier molecular flexibility index (Phi) is 5.68. The summed E-state index contributed by atoms with van der Waals surface area (Å²) >= 11 is 0. The van der Waals surface area contributed by atoms with Crippen molar-refractivity contribution in [2.24, 2.45) is 14.1 Å². The monoisotopic (exact) mass is 469 g/mol. The summed E-state index contributed by atoms with van der Waals surface area (Å²) in [5, 5.41) is 8.27. The molecule has 2 heterocycles. The Morgan fingerprint density at radius 2 is 1.68 bits per heavy atom. The Bertz CT molecular complexity index is 1520. The molecule has 0 amide bonds. The fourth-order valence-corrected chi connectivity index (χ4v) is 3.74. The van der Waals surface area contributed by atoms with Crippen molar-refractivity contribution in [2.45, 2.75) is 19.1 Å². The molecule has 0 aliphatic rings. The van der Waals surface area contributed by atoms with Gasteiger partial charge < -0.3 is 15.6 Å². The van der Waals surface area contributed by atoms with Crippen LogP contribution in [-0.4, -0.2) is 14.3 Å². The summed E-state index contributed by atoms with van der Waals surface area (Å²) in [5.41, 5.74) is 6.02. The number of rotatable bonds is 4. The second kappa shape index (κ2) is 8.36. The highest BCUT2D eigenvalue weighted by molar-refractivity contribution is 5.94. The van der Waals surface area contributed by atoms with Gasteiger partial charge in [0.25, 0.3) is 11.1 Å². The average Bonchev–Trinajstić information content (AvgIpc) is 2.77. The number of nitrogens with one attached hydrogen (secondary N) is 1. The standard InChI is InChI=1S/C24H22F3N5O2/c1-13(16-8-17(24(25,26)27)12-18(28)9-16)29-22-20-10-14(15-6-7-31(2)21(33)11-15)4-5-19(20)23(34)32(3)30-22/h4-13H,28H2,1-3H3,(H,29,30)/t13-/m1/s1. The number of nitrogens with two attached hydrogens (primary N) is 1. The third-order valence-corrected chi connectivity index (χ3v) is 5.64. The summed E-state index contributed by atoms with van der Waals surface area (Å²) in [6.07, 6.45) is -2.89. The molecule has 0 radical (unpaired) electrons. The Labute approximate surface area is 192 Å². The van der Waals surface area contributed by atoms with E-state index in [-0.39, 0.29) is 16.8 Å². The molecule has 0 aliphatic carbocycles. The summed E-state index contributed by atoms with van der Waals surface area (Å²) in [7, 11) is 3.14. The van der Waals surface area contributed by atoms with Crippen molar-refractivity contribution in [3.05, 3.63) is 86.6 Å². The van der Waals surface area contributed by atoms with Gasteiger partial charge in [-0.1, -0.05) is 6.07 Å². The van der Waals surface area contributed by atoms with Crippen molar-refractivity contribution in [2.75, 3.05) is 11.1 Å². The number of anilines is 2. The quantitative estimate of drug-likeness (QED) is 0.440. The van der Waals surface area contributed by atoms with Gasteiger partial charge in [0.15, 0.2) is 5.82 Å². The van der Waals surface area contributed by atoms with Crippen molar-refractivity contribution in [3.8, 4) is 11.1 Å². The molecule has 7 nitrogen and oxygen atoms in total. The van der Waals surface area contributed by atoms with Crippen LogP contribution < -0.4 is 22.2 Å². The van der Waals surface area contributed by atoms with Gasteiger partial charge >= 0.3 is 6.18 Å². The van der Waals surface area contributed by atoms with Gasteiger partial charge in [-0.25, -0.2) is 4.68 Å². The molecule has 3 N–H and O–H groups in total. The lowest BCUT2D eigenvalue weighted by Crippen LogP contribution is -2.22. The van der Waals surface area contributed by atoms with Crippen LogP contribution >= 0.6 is 0 Å². The highest BCUT2D eigenvalue weighted by atomic mass is 19.4. The lowest BCUT2D eigenvalue weighted by Gasteiger charge is -2.19. The van der Waals surface area contributed by atoms with Crippen LogP contribution in [0.2, 0.25) is 0 Å². The predicted molar refractivity (Wildman–Crippen MR) is 126 cm³/mol. The van der Waals surface area contributed by atoms with Crippen LogP contribution in [0.25, 0.3) is 21.9 Å². The van der Waals surface area contributed by atoms with Crippen LogP contribution in [-0.2, 0) is 20.3 Å². The Morgan fingerprint density at radius 1 is 0.971 bits per heavy atom. The molecule has 0 fully saturated rings. The molecule has 2 aromatic heterocycles. The van der Waals surface area contributed by atoms with Crippen molar-refractivity contribution in [1.82, 2.24) is 14.3 Å². The van der Waals surface area contributed by atoms with Gasteiger partial charge in [-0.2, -0.15) is 18.3 Å². The first kappa shape index (κ1) is 23.1. The number of fused-ring (bicyclic) bond motifs is 1. The summed E-state index contributed by atoms with van der Waals surface area (Å²) in [6, 6.07) is 11.1. The molecular weight excluding hydrogens is 447 g/mol. The number of hydrogen-bond donors (Lipinski definition) is 2. The third-order valence-electron chi connectivity index (χ3n) is 5.64. The largest absolute Gasteiger partial charge is 0.416 e. The predicted octanol–water partition coefficient (Wildman–Crippen LogP) is 4.07. The minimum absolute atomic E-state index is 0.00954. The normalized spacial score (nSPS) is 12.6. The fraction of sp³-hybridized carbons (Fsp3) is 0.208. The molecule has 4 aromatic rings. The van der Waals surface area contributed by atoms with Gasteiger partial charge in [-0.05, 0) is 60.0 Å². The topological polar surface area (TPSA) is 94.9 Å². The van der Waals surface area contributed by atoms with E-state index >= 15 is 0 Å². The van der Waals surface area contributed by atoms with Crippen LogP contribution in [0.1, 0.15) is 24.1 Å². The van der Waals surface area contributed by atoms with E-state index in [9.17, 15) is 22.8 Å². The minimum atomic E-state index is -4.53. The van der Waals surface area contributed by atoms with Gasteiger partial charge in [0, 0.05) is 37.4 Å². The molecule has 1 atom stereocenters. The van der Waals surface area contributed by atoms with E-state index in [1.54, 1.807) is 44.4 Å². The van der Waals surface area contributed by atoms with Crippen molar-refractivity contribution < 1.29 is 13.2 Å². The number of nitrogens with zero attached hydrogens (tertiary/aromatic N) is 3. The van der Waals surface area contributed by atoms with Crippen molar-refractivity contribution >= 4 is 22.3 Å². The van der Waals surface area contributed by atoms with Crippen LogP contribution in [0.3, 0.4) is 0 Å². The lowest BCUT2D eigenvalue weighted by molar-refractivity contribution is -0.137. The number of nitrogen functional groups attached to an aromatic ring is 1. The van der Waals surface area contributed by atoms with Crippen LogP contribution in [0.5, 0.6) is 0 Å². The third kappa shape index (κ3) is 4.39. The van der Waals surface area contributed by atoms with E-state index in [1.807, 2.05) is 0 Å². The smallest absolute Gasteiger partial charge is 0.399 e. The number of hydrogen-bond acceptors (Lipinski definition) is 5. The first-order valence-corrected chi connectivity index (χ1v) is 10.4. The Balaban J connectivity index is 1.81. The van der Waals surface area contributed by atoms with Gasteiger partial charge in [-0.3, -0.25) is 9.59 Å². The maximum absolute atomic E-state index is 13.3. The molecule has 4 rings (SSSR count). The molecular formula is C24H22F3N5O2. The van der Waals surface area contributed by atoms with Gasteiger partial charge in [0.1, 0.15) is 0 Å². The molecule has 2 aromatic carbocycles. The van der Waals surface area contributed by atoms with E-state index in [2.05, 4.69) is 10.4 Å². The zero-order valence-corrected chi connectivity index (χ0v) is 18.6. The maximum atomic E-state index is 13.3. The van der Waals surface area contributed by atoms with Crippen LogP contribution in [0, 0.1) is 0 Å². The molecule has 10 heteroatoms. The number of benzene rings is 2. The Morgan fingerprint density at radius 3 is 2.35 bits per heavy atom. The van der Waals surface area contributed by atoms with Crippen LogP contribution in [0.4, 0.5) is 24.7 Å². The van der Waals surface area contributed by atoms with Gasteiger partial charge in [0.2, 0.25) is 0 Å². The molecule has 34 heavy (non-hydrogen) atoms. The van der Waals surface area contributed by atoms with Gasteiger partial charge in [0.05, 0.1) is 17.0 Å². The number of aryl methyl sites for hydroxylation is 2. The number of alkyl halides is 3. The first-order chi connectivity index (χ1) is 15.9. The summed E-state index contributed by atoms with van der Waals surface area (Å²) < 4.78 is 42.4. The van der Waals surface area contributed by atoms with E-state index < -0.39 is 17.8 Å². The van der Waals surface area contributed by atoms with E-state index in [0.717, 1.165) is 16.8 Å². The highest BCUT2D eigenvalue weighted by Gasteiger charge is 2.31. The molecule has 0 bridgehead atoms. The SMILES string of the molecule is C[C@@H](Nc1nn(C)c(=O)c2ccc(-c3ccn(C)c(=O)c3)cc12)c1cc(N)cc(C(F)(F)F)c1. The van der Waals surface area contributed by atoms with Crippen LogP contribution in [0.15, 0.2) is 64.3 Å². The highest BCUT2D eigenvalue weighted by Crippen LogP contribution is 2.34. The number of halogens is 3. The maximum Gasteiger partial charge on any atom is 0.416 e. The number of pyridine rings is 1. The molecule has 0 unspecified atom stereocenters. The molecule has 176 valence electrons. The lowest BCUT2D eigenvalue weighted by atomic mass is 10.0. The Hall–Kier alpha value is -4.08. The van der Waals surface area contributed by atoms with E-state index in [0.29, 0.717) is 33.3 Å². The fourth-order valence-electron chi connectivity index (χ4n) is 3.74. The molecule has 0 spiro atoms. The second-order valence-corrected chi connectivity index (χ2v) is 8.15. The average molecular weight is 469 g/mol. The zero-order valence-electron chi connectivity index (χ0n) is 18.6. The first-order valence-electron chi connectivity index (χ1n) is 10.4. The van der Waals surface area contributed by atoms with Gasteiger partial charge in [-0.15, -0.1) is 0 Å². The van der Waals surface area contributed by atoms with Crippen molar-refractivity contribution in [3.63, 3.8) is 0 Å². The number of aromatic nitrogens is 3. The van der Waals surface area contributed by atoms with E-state index in [1.165, 1.54) is 23.7 Å². The van der Waals surface area contributed by atoms with Crippen molar-refractivity contribution in [1.29, 1.82) is 0 Å².